The summed E-state index contributed by atoms with van der Waals surface area (Å²) in [6.07, 6.45) is 2.49. The van der Waals surface area contributed by atoms with Gasteiger partial charge in [0.1, 0.15) is 5.75 Å². The average Bonchev–Trinajstić information content (AvgIpc) is 3.20. The highest BCUT2D eigenvalue weighted by molar-refractivity contribution is 7.90. The Hall–Kier alpha value is -1.07. The minimum atomic E-state index is -3.04. The van der Waals surface area contributed by atoms with E-state index in [1.165, 1.54) is 12.8 Å². The largest absolute Gasteiger partial charge is 0.496 e. The van der Waals surface area contributed by atoms with Crippen LogP contribution < -0.4 is 10.1 Å². The first kappa shape index (κ1) is 14.3. The molecule has 0 atom stereocenters. The van der Waals surface area contributed by atoms with E-state index in [-0.39, 0.29) is 11.5 Å². The molecule has 0 bridgehead atoms. The molecule has 1 aromatic rings. The Kier molecular flexibility index (Phi) is 4.47. The summed E-state index contributed by atoms with van der Waals surface area (Å²) in [5.74, 6) is 0.845. The molecule has 1 N–H and O–H groups in total. The molecule has 0 spiro atoms. The summed E-state index contributed by atoms with van der Waals surface area (Å²) in [4.78, 5) is 0. The van der Waals surface area contributed by atoms with Crippen molar-refractivity contribution < 1.29 is 13.2 Å². The molecule has 1 fully saturated rings. The molecular weight excluding hydrogens is 262 g/mol. The third-order valence-electron chi connectivity index (χ3n) is 3.33. The maximum Gasteiger partial charge on any atom is 0.154 e. The maximum atomic E-state index is 11.8. The van der Waals surface area contributed by atoms with Crippen molar-refractivity contribution in [3.8, 4) is 5.75 Å². The summed E-state index contributed by atoms with van der Waals surface area (Å²) in [6.45, 7) is 2.45. The van der Waals surface area contributed by atoms with Gasteiger partial charge in [-0.15, -0.1) is 0 Å². The standard InChI is InChI=1S/C14H21NO3S/c1-3-19(16,17)10-12-8-11(4-7-14(12)18-2)9-15-13-5-6-13/h4,7-8,13,15H,3,5-6,9-10H2,1-2H3. The van der Waals surface area contributed by atoms with Crippen molar-refractivity contribution in [1.29, 1.82) is 0 Å². The summed E-state index contributed by atoms with van der Waals surface area (Å²) in [6, 6.07) is 6.41. The zero-order valence-corrected chi connectivity index (χ0v) is 12.3. The number of ether oxygens (including phenoxy) is 1. The molecule has 0 radical (unpaired) electrons. The van der Waals surface area contributed by atoms with Crippen molar-refractivity contribution in [3.63, 3.8) is 0 Å². The number of methoxy groups -OCH3 is 1. The third kappa shape index (κ3) is 4.21. The van der Waals surface area contributed by atoms with E-state index in [0.717, 1.165) is 17.7 Å². The molecule has 4 nitrogen and oxygen atoms in total. The Labute approximate surface area is 115 Å². The molecule has 0 saturated heterocycles. The molecular formula is C14H21NO3S. The topological polar surface area (TPSA) is 55.4 Å². The second kappa shape index (κ2) is 5.92. The third-order valence-corrected chi connectivity index (χ3v) is 4.96. The fraction of sp³-hybridized carbons (Fsp3) is 0.571. The summed E-state index contributed by atoms with van der Waals surface area (Å²) >= 11 is 0. The molecule has 0 unspecified atom stereocenters. The second-order valence-corrected chi connectivity index (χ2v) is 7.33. The molecule has 0 heterocycles. The van der Waals surface area contributed by atoms with Crippen LogP contribution in [-0.4, -0.2) is 27.3 Å². The molecule has 19 heavy (non-hydrogen) atoms. The van der Waals surface area contributed by atoms with Crippen molar-refractivity contribution in [2.24, 2.45) is 0 Å². The van der Waals surface area contributed by atoms with Crippen molar-refractivity contribution in [1.82, 2.24) is 5.32 Å². The van der Waals surface area contributed by atoms with Crippen LogP contribution >= 0.6 is 0 Å². The summed E-state index contributed by atoms with van der Waals surface area (Å²) in [5.41, 5.74) is 1.86. The van der Waals surface area contributed by atoms with E-state index in [1.807, 2.05) is 18.2 Å². The fourth-order valence-electron chi connectivity index (χ4n) is 1.94. The molecule has 106 valence electrons. The van der Waals surface area contributed by atoms with E-state index >= 15 is 0 Å². The zero-order valence-electron chi connectivity index (χ0n) is 11.5. The quantitative estimate of drug-likeness (QED) is 0.830. The first-order valence-electron chi connectivity index (χ1n) is 6.63. The zero-order chi connectivity index (χ0) is 13.9. The van der Waals surface area contributed by atoms with Crippen molar-refractivity contribution in [3.05, 3.63) is 29.3 Å². The predicted molar refractivity (Wildman–Crippen MR) is 76.0 cm³/mol. The van der Waals surface area contributed by atoms with Crippen LogP contribution in [-0.2, 0) is 22.1 Å². The molecule has 1 aliphatic carbocycles. The van der Waals surface area contributed by atoms with Crippen LogP contribution in [0, 0.1) is 0 Å². The lowest BCUT2D eigenvalue weighted by Crippen LogP contribution is -2.15. The van der Waals surface area contributed by atoms with Gasteiger partial charge in [0.25, 0.3) is 0 Å². The van der Waals surface area contributed by atoms with Crippen LogP contribution in [0.4, 0.5) is 0 Å². The first-order valence-corrected chi connectivity index (χ1v) is 8.46. The van der Waals surface area contributed by atoms with E-state index in [0.29, 0.717) is 11.8 Å². The lowest BCUT2D eigenvalue weighted by atomic mass is 10.1. The number of hydrogen-bond donors (Lipinski definition) is 1. The van der Waals surface area contributed by atoms with Gasteiger partial charge in [-0.2, -0.15) is 0 Å². The van der Waals surface area contributed by atoms with E-state index in [1.54, 1.807) is 14.0 Å². The van der Waals surface area contributed by atoms with Crippen molar-refractivity contribution in [2.75, 3.05) is 12.9 Å². The van der Waals surface area contributed by atoms with Crippen LogP contribution in [0.15, 0.2) is 18.2 Å². The van der Waals surface area contributed by atoms with Crippen LogP contribution in [0.5, 0.6) is 5.75 Å². The lowest BCUT2D eigenvalue weighted by molar-refractivity contribution is 0.410. The van der Waals surface area contributed by atoms with Gasteiger partial charge in [0.15, 0.2) is 9.84 Å². The second-order valence-electron chi connectivity index (χ2n) is 4.98. The first-order chi connectivity index (χ1) is 9.04. The Morgan fingerprint density at radius 2 is 2.11 bits per heavy atom. The van der Waals surface area contributed by atoms with Crippen molar-refractivity contribution >= 4 is 9.84 Å². The number of nitrogens with one attached hydrogen (secondary N) is 1. The lowest BCUT2D eigenvalue weighted by Gasteiger charge is -2.11. The highest BCUT2D eigenvalue weighted by Gasteiger charge is 2.20. The number of benzene rings is 1. The minimum Gasteiger partial charge on any atom is -0.496 e. The van der Waals surface area contributed by atoms with Crippen molar-refractivity contribution in [2.45, 2.75) is 38.1 Å². The normalized spacial score (nSPS) is 15.5. The molecule has 2 rings (SSSR count). The highest BCUT2D eigenvalue weighted by atomic mass is 32.2. The summed E-state index contributed by atoms with van der Waals surface area (Å²) in [5, 5.41) is 3.42. The monoisotopic (exact) mass is 283 g/mol. The van der Waals surface area contributed by atoms with Crippen LogP contribution in [0.2, 0.25) is 0 Å². The Bertz CT molecular complexity index is 536. The summed E-state index contributed by atoms with van der Waals surface area (Å²) in [7, 11) is -1.47. The smallest absolute Gasteiger partial charge is 0.154 e. The van der Waals surface area contributed by atoms with E-state index in [2.05, 4.69) is 5.32 Å². The Morgan fingerprint density at radius 3 is 2.68 bits per heavy atom. The van der Waals surface area contributed by atoms with Gasteiger partial charge in [-0.1, -0.05) is 13.0 Å². The van der Waals surface area contributed by atoms with Gasteiger partial charge in [-0.3, -0.25) is 0 Å². The SMILES string of the molecule is CCS(=O)(=O)Cc1cc(CNC2CC2)ccc1OC. The van der Waals surface area contributed by atoms with Crippen LogP contribution in [0.1, 0.15) is 30.9 Å². The predicted octanol–water partition coefficient (Wildman–Crippen LogP) is 1.88. The van der Waals surface area contributed by atoms with E-state index < -0.39 is 9.84 Å². The number of rotatable bonds is 7. The number of hydrogen-bond acceptors (Lipinski definition) is 4. The van der Waals surface area contributed by atoms with E-state index in [9.17, 15) is 8.42 Å². The molecule has 1 aromatic carbocycles. The van der Waals surface area contributed by atoms with Gasteiger partial charge in [0, 0.05) is 23.9 Å². The molecule has 0 aliphatic heterocycles. The molecule has 5 heteroatoms. The fourth-order valence-corrected chi connectivity index (χ4v) is 2.85. The molecule has 0 aromatic heterocycles. The molecule has 1 aliphatic rings. The average molecular weight is 283 g/mol. The number of sulfone groups is 1. The van der Waals surface area contributed by atoms with Gasteiger partial charge in [-0.05, 0) is 30.5 Å². The van der Waals surface area contributed by atoms with Crippen LogP contribution in [0.3, 0.4) is 0 Å². The van der Waals surface area contributed by atoms with Gasteiger partial charge in [-0.25, -0.2) is 8.42 Å². The van der Waals surface area contributed by atoms with Gasteiger partial charge in [0.2, 0.25) is 0 Å². The van der Waals surface area contributed by atoms with Gasteiger partial charge < -0.3 is 10.1 Å². The highest BCUT2D eigenvalue weighted by Crippen LogP contribution is 2.24. The molecule has 0 amide bonds. The van der Waals surface area contributed by atoms with E-state index in [4.69, 9.17) is 4.74 Å². The summed E-state index contributed by atoms with van der Waals surface area (Å²) < 4.78 is 28.7. The Balaban J connectivity index is 2.15. The van der Waals surface area contributed by atoms with Gasteiger partial charge >= 0.3 is 0 Å². The van der Waals surface area contributed by atoms with Gasteiger partial charge in [0.05, 0.1) is 12.9 Å². The minimum absolute atomic E-state index is 0.0456. The maximum absolute atomic E-state index is 11.8. The van der Waals surface area contributed by atoms with Crippen LogP contribution in [0.25, 0.3) is 0 Å². The molecule has 1 saturated carbocycles. The Morgan fingerprint density at radius 1 is 1.37 bits per heavy atom.